The van der Waals surface area contributed by atoms with Crippen LogP contribution in [0.3, 0.4) is 0 Å². The van der Waals surface area contributed by atoms with Crippen molar-refractivity contribution in [3.05, 3.63) is 18.4 Å². The smallest absolute Gasteiger partial charge is 0.0275 e. The Kier molecular flexibility index (Phi) is 7.12. The van der Waals surface area contributed by atoms with Crippen LogP contribution in [0.2, 0.25) is 0 Å². The molecule has 0 aromatic heterocycles. The third-order valence-corrected chi connectivity index (χ3v) is 1.35. The fraction of sp³-hybridized carbons (Fsp3) is 0.667. The van der Waals surface area contributed by atoms with Gasteiger partial charge in [0.25, 0.3) is 0 Å². The molecule has 0 saturated heterocycles. The minimum absolute atomic E-state index is 1.16. The Morgan fingerprint density at radius 2 is 2.11 bits per heavy atom. The highest BCUT2D eigenvalue weighted by Gasteiger charge is 1.82. The van der Waals surface area contributed by atoms with E-state index in [2.05, 4.69) is 19.2 Å². The number of hydrogen-bond acceptors (Lipinski definition) is 0. The summed E-state index contributed by atoms with van der Waals surface area (Å²) in [6.45, 7) is 5.72. The average molecular weight is 124 g/mol. The van der Waals surface area contributed by atoms with Crippen molar-refractivity contribution in [2.24, 2.45) is 0 Å². The van der Waals surface area contributed by atoms with E-state index in [4.69, 9.17) is 0 Å². The van der Waals surface area contributed by atoms with E-state index >= 15 is 0 Å². The van der Waals surface area contributed by atoms with E-state index in [1.54, 1.807) is 0 Å². The zero-order valence-corrected chi connectivity index (χ0v) is 6.32. The number of hydrogen-bond donors (Lipinski definition) is 0. The molecule has 0 aromatic rings. The molecule has 0 nitrogen and oxygen atoms in total. The molecular weight excluding hydrogens is 108 g/mol. The lowest BCUT2D eigenvalue weighted by Crippen LogP contribution is -1.72. The summed E-state index contributed by atoms with van der Waals surface area (Å²) in [5.41, 5.74) is 2.77. The van der Waals surface area contributed by atoms with Crippen molar-refractivity contribution in [1.29, 1.82) is 0 Å². The summed E-state index contributed by atoms with van der Waals surface area (Å²) in [7, 11) is 0. The molecule has 0 bridgehead atoms. The SMILES string of the molecule is C=C=CCCCCCC. The summed E-state index contributed by atoms with van der Waals surface area (Å²) >= 11 is 0. The summed E-state index contributed by atoms with van der Waals surface area (Å²) in [6, 6.07) is 0. The molecule has 0 fully saturated rings. The molecule has 0 amide bonds. The Balaban J connectivity index is 2.82. The van der Waals surface area contributed by atoms with Crippen LogP contribution in [0.4, 0.5) is 0 Å². The summed E-state index contributed by atoms with van der Waals surface area (Å²) in [5, 5.41) is 0. The van der Waals surface area contributed by atoms with Gasteiger partial charge in [-0.15, -0.1) is 5.73 Å². The van der Waals surface area contributed by atoms with Gasteiger partial charge in [-0.05, 0) is 18.9 Å². The first-order valence-corrected chi connectivity index (χ1v) is 3.76. The molecule has 0 aliphatic rings. The fourth-order valence-corrected chi connectivity index (χ4v) is 0.775. The molecule has 0 rings (SSSR count). The molecule has 0 saturated carbocycles. The summed E-state index contributed by atoms with van der Waals surface area (Å²) in [4.78, 5) is 0. The Labute approximate surface area is 58.3 Å². The molecule has 0 radical (unpaired) electrons. The average Bonchev–Trinajstić information content (AvgIpc) is 1.89. The molecule has 0 aliphatic heterocycles. The van der Waals surface area contributed by atoms with Crippen LogP contribution in [0.15, 0.2) is 18.4 Å². The van der Waals surface area contributed by atoms with E-state index in [9.17, 15) is 0 Å². The number of allylic oxidation sites excluding steroid dienone is 1. The van der Waals surface area contributed by atoms with Gasteiger partial charge in [-0.1, -0.05) is 32.8 Å². The van der Waals surface area contributed by atoms with Crippen LogP contribution < -0.4 is 0 Å². The summed E-state index contributed by atoms with van der Waals surface area (Å²) in [5.74, 6) is 0. The van der Waals surface area contributed by atoms with Gasteiger partial charge in [0.15, 0.2) is 0 Å². The molecular formula is C9H16. The predicted molar refractivity (Wildman–Crippen MR) is 42.5 cm³/mol. The second-order valence-corrected chi connectivity index (χ2v) is 2.26. The van der Waals surface area contributed by atoms with Gasteiger partial charge in [0.1, 0.15) is 0 Å². The Morgan fingerprint density at radius 3 is 2.67 bits per heavy atom. The normalized spacial score (nSPS) is 8.56. The Bertz CT molecular complexity index is 86.2. The highest BCUT2D eigenvalue weighted by Crippen LogP contribution is 2.01. The van der Waals surface area contributed by atoms with Gasteiger partial charge >= 0.3 is 0 Å². The minimum Gasteiger partial charge on any atom is -0.133 e. The molecule has 52 valence electrons. The van der Waals surface area contributed by atoms with Crippen molar-refractivity contribution >= 4 is 0 Å². The van der Waals surface area contributed by atoms with Crippen molar-refractivity contribution in [1.82, 2.24) is 0 Å². The highest BCUT2D eigenvalue weighted by atomic mass is 13.9. The molecule has 0 aliphatic carbocycles. The quantitative estimate of drug-likeness (QED) is 0.389. The Morgan fingerprint density at radius 1 is 1.33 bits per heavy atom. The second-order valence-electron chi connectivity index (χ2n) is 2.26. The summed E-state index contributed by atoms with van der Waals surface area (Å²) < 4.78 is 0. The Hall–Kier alpha value is -0.480. The van der Waals surface area contributed by atoms with Crippen LogP contribution in [-0.2, 0) is 0 Å². The lowest BCUT2D eigenvalue weighted by Gasteiger charge is -1.91. The van der Waals surface area contributed by atoms with E-state index in [0.717, 1.165) is 6.42 Å². The zero-order chi connectivity index (χ0) is 6.95. The van der Waals surface area contributed by atoms with Gasteiger partial charge in [0, 0.05) is 0 Å². The second kappa shape index (κ2) is 7.52. The number of unbranched alkanes of at least 4 members (excludes halogenated alkanes) is 4. The fourth-order valence-electron chi connectivity index (χ4n) is 0.775. The topological polar surface area (TPSA) is 0 Å². The van der Waals surface area contributed by atoms with Crippen molar-refractivity contribution in [3.8, 4) is 0 Å². The van der Waals surface area contributed by atoms with Crippen molar-refractivity contribution < 1.29 is 0 Å². The maximum Gasteiger partial charge on any atom is -0.0275 e. The van der Waals surface area contributed by atoms with Gasteiger partial charge < -0.3 is 0 Å². The van der Waals surface area contributed by atoms with Gasteiger partial charge in [0.2, 0.25) is 0 Å². The molecule has 0 atom stereocenters. The largest absolute Gasteiger partial charge is 0.133 e. The first-order valence-electron chi connectivity index (χ1n) is 3.76. The van der Waals surface area contributed by atoms with Crippen LogP contribution in [0.1, 0.15) is 39.0 Å². The van der Waals surface area contributed by atoms with E-state index in [1.807, 2.05) is 6.08 Å². The maximum absolute atomic E-state index is 3.50. The van der Waals surface area contributed by atoms with Crippen LogP contribution in [0.25, 0.3) is 0 Å². The third kappa shape index (κ3) is 7.52. The zero-order valence-electron chi connectivity index (χ0n) is 6.32. The van der Waals surface area contributed by atoms with Gasteiger partial charge in [-0.25, -0.2) is 0 Å². The molecule has 0 heterocycles. The number of rotatable bonds is 5. The van der Waals surface area contributed by atoms with E-state index in [1.165, 1.54) is 25.7 Å². The van der Waals surface area contributed by atoms with Crippen molar-refractivity contribution in [3.63, 3.8) is 0 Å². The van der Waals surface area contributed by atoms with E-state index in [-0.39, 0.29) is 0 Å². The monoisotopic (exact) mass is 124 g/mol. The summed E-state index contributed by atoms with van der Waals surface area (Å²) in [6.07, 6.45) is 8.51. The lowest BCUT2D eigenvalue weighted by atomic mass is 10.1. The molecule has 0 unspecified atom stereocenters. The standard InChI is InChI=1S/C9H16/c1-3-5-7-9-8-6-4-2/h5H,1,4,6-9H2,2H3. The maximum atomic E-state index is 3.50. The molecule has 0 heteroatoms. The molecule has 0 N–H and O–H groups in total. The van der Waals surface area contributed by atoms with Gasteiger partial charge in [0.05, 0.1) is 0 Å². The van der Waals surface area contributed by atoms with Crippen LogP contribution in [0, 0.1) is 0 Å². The van der Waals surface area contributed by atoms with Crippen molar-refractivity contribution in [2.45, 2.75) is 39.0 Å². The van der Waals surface area contributed by atoms with Crippen molar-refractivity contribution in [2.75, 3.05) is 0 Å². The first kappa shape index (κ1) is 8.52. The third-order valence-electron chi connectivity index (χ3n) is 1.35. The van der Waals surface area contributed by atoms with Crippen LogP contribution >= 0.6 is 0 Å². The molecule has 0 spiro atoms. The van der Waals surface area contributed by atoms with E-state index in [0.29, 0.717) is 0 Å². The van der Waals surface area contributed by atoms with Gasteiger partial charge in [-0.3, -0.25) is 0 Å². The minimum atomic E-state index is 1.16. The van der Waals surface area contributed by atoms with E-state index < -0.39 is 0 Å². The van der Waals surface area contributed by atoms with Gasteiger partial charge in [-0.2, -0.15) is 0 Å². The van der Waals surface area contributed by atoms with Crippen LogP contribution in [-0.4, -0.2) is 0 Å². The predicted octanol–water partition coefficient (Wildman–Crippen LogP) is 3.30. The molecule has 0 aromatic carbocycles. The lowest BCUT2D eigenvalue weighted by molar-refractivity contribution is 0.675. The van der Waals surface area contributed by atoms with Crippen LogP contribution in [0.5, 0.6) is 0 Å². The highest BCUT2D eigenvalue weighted by molar-refractivity contribution is 4.74. The first-order chi connectivity index (χ1) is 4.41. The molecule has 9 heavy (non-hydrogen) atoms.